The van der Waals surface area contributed by atoms with Crippen LogP contribution in [0.5, 0.6) is 5.75 Å². The Kier molecular flexibility index (Phi) is 8.81. The lowest BCUT2D eigenvalue weighted by Gasteiger charge is -2.32. The molecule has 1 aliphatic rings. The number of piperidine rings is 1. The summed E-state index contributed by atoms with van der Waals surface area (Å²) in [6.07, 6.45) is 4.40. The molecule has 1 fully saturated rings. The number of benzene rings is 1. The Labute approximate surface area is 171 Å². The van der Waals surface area contributed by atoms with Gasteiger partial charge in [0.15, 0.2) is 0 Å². The van der Waals surface area contributed by atoms with E-state index in [-0.39, 0.29) is 36.7 Å². The number of hydroxylamine groups is 1. The summed E-state index contributed by atoms with van der Waals surface area (Å²) in [5.41, 5.74) is 2.18. The fourth-order valence-corrected chi connectivity index (χ4v) is 4.53. The van der Waals surface area contributed by atoms with Crippen LogP contribution in [0.25, 0.3) is 0 Å². The molecule has 1 amide bonds. The highest BCUT2D eigenvalue weighted by Crippen LogP contribution is 2.26. The number of carbonyl (C=O) groups is 2. The fraction of sp³-hybridized carbons (Fsp3) is 0.500. The number of ether oxygens (including phenoxy) is 1. The lowest BCUT2D eigenvalue weighted by Crippen LogP contribution is -2.53. The van der Waals surface area contributed by atoms with Gasteiger partial charge in [0.25, 0.3) is 5.91 Å². The van der Waals surface area contributed by atoms with E-state index in [1.54, 1.807) is 12.1 Å². The van der Waals surface area contributed by atoms with E-state index >= 15 is 0 Å². The predicted octanol–water partition coefficient (Wildman–Crippen LogP) is 2.21. The maximum Gasteiger partial charge on any atom is 0.262 e. The summed E-state index contributed by atoms with van der Waals surface area (Å²) >= 11 is 0. The second kappa shape index (κ2) is 11.1. The van der Waals surface area contributed by atoms with Crippen molar-refractivity contribution in [2.24, 2.45) is 0 Å². The van der Waals surface area contributed by atoms with Crippen molar-refractivity contribution in [3.8, 4) is 5.75 Å². The molecule has 1 heterocycles. The predicted molar refractivity (Wildman–Crippen MR) is 108 cm³/mol. The van der Waals surface area contributed by atoms with Crippen LogP contribution in [0, 0.1) is 0 Å². The van der Waals surface area contributed by atoms with Crippen LogP contribution in [0.15, 0.2) is 41.8 Å². The van der Waals surface area contributed by atoms with Crippen LogP contribution >= 0.6 is 0 Å². The van der Waals surface area contributed by atoms with E-state index in [4.69, 9.17) is 9.57 Å². The Hall–Kier alpha value is -2.23. The van der Waals surface area contributed by atoms with Crippen molar-refractivity contribution in [1.29, 1.82) is 0 Å². The Balaban J connectivity index is 2.12. The molecule has 0 saturated carbocycles. The summed E-state index contributed by atoms with van der Waals surface area (Å²) < 4.78 is 32.8. The second-order valence-electron chi connectivity index (χ2n) is 6.72. The first-order valence-electron chi connectivity index (χ1n) is 9.69. The van der Waals surface area contributed by atoms with Crippen LogP contribution in [-0.2, 0) is 24.4 Å². The highest BCUT2D eigenvalue weighted by atomic mass is 32.2. The molecule has 0 bridgehead atoms. The quantitative estimate of drug-likeness (QED) is 0.332. The first-order chi connectivity index (χ1) is 13.9. The average Bonchev–Trinajstić information content (AvgIpc) is 2.71. The lowest BCUT2D eigenvalue weighted by atomic mass is 10.0. The molecule has 160 valence electrons. The average molecular weight is 425 g/mol. The van der Waals surface area contributed by atoms with E-state index < -0.39 is 22.0 Å². The van der Waals surface area contributed by atoms with Crippen molar-refractivity contribution in [1.82, 2.24) is 9.79 Å². The third-order valence-corrected chi connectivity index (χ3v) is 6.43. The number of amides is 1. The van der Waals surface area contributed by atoms with Gasteiger partial charge in [-0.05, 0) is 30.7 Å². The molecule has 9 heteroatoms. The number of nitrogens with one attached hydrogen (secondary N) is 1. The molecular weight excluding hydrogens is 396 g/mol. The molecule has 2 rings (SSSR count). The molecule has 0 spiro atoms. The summed E-state index contributed by atoms with van der Waals surface area (Å²) in [7, 11) is -3.97. The van der Waals surface area contributed by atoms with E-state index in [0.717, 1.165) is 23.6 Å². The van der Waals surface area contributed by atoms with Gasteiger partial charge in [-0.3, -0.25) is 14.4 Å². The van der Waals surface area contributed by atoms with Gasteiger partial charge in [0.2, 0.25) is 10.0 Å². The SMILES string of the molecule is C=CCONC(=O)C1CC(=O)CCN1S(=O)(=O)c1ccc(OCCCCC)cc1. The van der Waals surface area contributed by atoms with E-state index in [9.17, 15) is 18.0 Å². The molecular formula is C20H28N2O6S. The minimum absolute atomic E-state index is 0.0394. The number of hydrogen-bond acceptors (Lipinski definition) is 6. The maximum absolute atomic E-state index is 13.1. The Morgan fingerprint density at radius 1 is 1.31 bits per heavy atom. The van der Waals surface area contributed by atoms with Crippen LogP contribution in [0.4, 0.5) is 0 Å². The van der Waals surface area contributed by atoms with Crippen molar-refractivity contribution in [2.45, 2.75) is 50.0 Å². The monoisotopic (exact) mass is 424 g/mol. The number of ketones is 1. The standard InChI is InChI=1S/C20H28N2O6S/c1-3-5-6-14-27-17-7-9-18(10-8-17)29(25,26)22-12-11-16(23)15-19(22)20(24)21-28-13-4-2/h4,7-10,19H,2-3,5-6,11-15H2,1H3,(H,21,24). The summed E-state index contributed by atoms with van der Waals surface area (Å²) in [6, 6.07) is 4.93. The van der Waals surface area contributed by atoms with Gasteiger partial charge in [-0.1, -0.05) is 25.8 Å². The summed E-state index contributed by atoms with van der Waals surface area (Å²) in [4.78, 5) is 29.2. The van der Waals surface area contributed by atoms with Crippen LogP contribution in [0.2, 0.25) is 0 Å². The van der Waals surface area contributed by atoms with Gasteiger partial charge < -0.3 is 4.74 Å². The van der Waals surface area contributed by atoms with Gasteiger partial charge in [0.1, 0.15) is 17.6 Å². The van der Waals surface area contributed by atoms with Crippen molar-refractivity contribution in [3.63, 3.8) is 0 Å². The Bertz CT molecular complexity index is 807. The molecule has 0 aromatic heterocycles. The molecule has 8 nitrogen and oxygen atoms in total. The number of carbonyl (C=O) groups excluding carboxylic acids is 2. The normalized spacial score (nSPS) is 17.7. The van der Waals surface area contributed by atoms with Gasteiger partial charge in [0, 0.05) is 19.4 Å². The molecule has 1 saturated heterocycles. The molecule has 1 aromatic rings. The van der Waals surface area contributed by atoms with Crippen molar-refractivity contribution < 1.29 is 27.6 Å². The molecule has 1 aromatic carbocycles. The van der Waals surface area contributed by atoms with Crippen LogP contribution in [0.1, 0.15) is 39.0 Å². The molecule has 29 heavy (non-hydrogen) atoms. The maximum atomic E-state index is 13.1. The number of rotatable bonds is 11. The summed E-state index contributed by atoms with van der Waals surface area (Å²) in [6.45, 7) is 6.15. The number of hydrogen-bond donors (Lipinski definition) is 1. The Morgan fingerprint density at radius 2 is 2.03 bits per heavy atom. The zero-order valence-corrected chi connectivity index (χ0v) is 17.4. The van der Waals surface area contributed by atoms with Crippen molar-refractivity contribution in [3.05, 3.63) is 36.9 Å². The number of sulfonamides is 1. The first-order valence-corrected chi connectivity index (χ1v) is 11.1. The molecule has 1 N–H and O–H groups in total. The van der Waals surface area contributed by atoms with Crippen molar-refractivity contribution in [2.75, 3.05) is 19.8 Å². The highest BCUT2D eigenvalue weighted by Gasteiger charge is 2.40. The third kappa shape index (κ3) is 6.38. The van der Waals surface area contributed by atoms with Crippen molar-refractivity contribution >= 4 is 21.7 Å². The zero-order valence-electron chi connectivity index (χ0n) is 16.6. The van der Waals surface area contributed by atoms with E-state index in [1.165, 1.54) is 18.2 Å². The minimum Gasteiger partial charge on any atom is -0.494 e. The van der Waals surface area contributed by atoms with Crippen LogP contribution in [-0.4, -0.2) is 50.2 Å². The number of Topliss-reactive ketones (excluding diaryl/α,β-unsaturated/α-hetero) is 1. The fourth-order valence-electron chi connectivity index (χ4n) is 2.95. The summed E-state index contributed by atoms with van der Waals surface area (Å²) in [5, 5.41) is 0. The van der Waals surface area contributed by atoms with Gasteiger partial charge in [-0.15, -0.1) is 6.58 Å². The molecule has 1 atom stereocenters. The van der Waals surface area contributed by atoms with Gasteiger partial charge in [0.05, 0.1) is 18.1 Å². The number of unbranched alkanes of at least 4 members (excludes halogenated alkanes) is 2. The summed E-state index contributed by atoms with van der Waals surface area (Å²) in [5.74, 6) is -0.267. The van der Waals surface area contributed by atoms with E-state index in [1.807, 2.05) is 0 Å². The highest BCUT2D eigenvalue weighted by molar-refractivity contribution is 7.89. The largest absolute Gasteiger partial charge is 0.494 e. The Morgan fingerprint density at radius 3 is 2.69 bits per heavy atom. The van der Waals surface area contributed by atoms with Gasteiger partial charge >= 0.3 is 0 Å². The molecule has 1 unspecified atom stereocenters. The van der Waals surface area contributed by atoms with Crippen LogP contribution in [0.3, 0.4) is 0 Å². The third-order valence-electron chi connectivity index (χ3n) is 4.50. The molecule has 0 radical (unpaired) electrons. The molecule has 0 aliphatic carbocycles. The first kappa shape index (κ1) is 23.1. The molecule has 1 aliphatic heterocycles. The van der Waals surface area contributed by atoms with E-state index in [2.05, 4.69) is 19.0 Å². The smallest absolute Gasteiger partial charge is 0.262 e. The zero-order chi connectivity index (χ0) is 21.3. The van der Waals surface area contributed by atoms with E-state index in [0.29, 0.717) is 12.4 Å². The lowest BCUT2D eigenvalue weighted by molar-refractivity contribution is -0.140. The van der Waals surface area contributed by atoms with Gasteiger partial charge in [-0.2, -0.15) is 4.31 Å². The minimum atomic E-state index is -3.97. The topological polar surface area (TPSA) is 102 Å². The second-order valence-corrected chi connectivity index (χ2v) is 8.61. The van der Waals surface area contributed by atoms with Crippen LogP contribution < -0.4 is 10.2 Å². The number of nitrogens with zero attached hydrogens (tertiary/aromatic N) is 1. The van der Waals surface area contributed by atoms with Gasteiger partial charge in [-0.25, -0.2) is 13.9 Å².